The largest absolute Gasteiger partial charge is 0.497 e. The van der Waals surface area contributed by atoms with E-state index in [1.165, 1.54) is 0 Å². The molecule has 112 valence electrons. The van der Waals surface area contributed by atoms with Crippen LogP contribution >= 0.6 is 11.3 Å². The summed E-state index contributed by atoms with van der Waals surface area (Å²) in [5, 5.41) is 7.60. The highest BCUT2D eigenvalue weighted by atomic mass is 32.1. The molecule has 1 aromatic heterocycles. The lowest BCUT2D eigenvalue weighted by Gasteiger charge is -2.11. The van der Waals surface area contributed by atoms with Crippen molar-refractivity contribution < 1.29 is 14.3 Å². The Balaban J connectivity index is 1.85. The maximum atomic E-state index is 11.8. The Kier molecular flexibility index (Phi) is 5.45. The summed E-state index contributed by atoms with van der Waals surface area (Å²) >= 11 is 1.61. The van der Waals surface area contributed by atoms with E-state index in [-0.39, 0.29) is 6.03 Å². The van der Waals surface area contributed by atoms with Gasteiger partial charge in [-0.25, -0.2) is 4.79 Å². The SMILES string of the molecule is COc1ccc(CNC(=O)NCc2cccs2)c(OC)c1. The molecule has 0 atom stereocenters. The first-order valence-corrected chi connectivity index (χ1v) is 7.36. The Morgan fingerprint density at radius 2 is 1.95 bits per heavy atom. The summed E-state index contributed by atoms with van der Waals surface area (Å²) in [6.07, 6.45) is 0. The lowest BCUT2D eigenvalue weighted by atomic mass is 10.2. The van der Waals surface area contributed by atoms with Gasteiger partial charge in [-0.3, -0.25) is 0 Å². The lowest BCUT2D eigenvalue weighted by Crippen LogP contribution is -2.34. The molecule has 0 unspecified atom stereocenters. The molecular formula is C15H18N2O3S. The molecule has 0 aliphatic carbocycles. The summed E-state index contributed by atoms with van der Waals surface area (Å²) in [6, 6.07) is 9.24. The molecule has 1 aromatic carbocycles. The van der Waals surface area contributed by atoms with Gasteiger partial charge >= 0.3 is 6.03 Å². The molecule has 21 heavy (non-hydrogen) atoms. The van der Waals surface area contributed by atoms with Crippen molar-refractivity contribution in [2.24, 2.45) is 0 Å². The van der Waals surface area contributed by atoms with Crippen molar-refractivity contribution in [3.63, 3.8) is 0 Å². The predicted octanol–water partition coefficient (Wildman–Crippen LogP) is 2.76. The maximum Gasteiger partial charge on any atom is 0.315 e. The normalized spacial score (nSPS) is 10.0. The number of ether oxygens (including phenoxy) is 2. The highest BCUT2D eigenvalue weighted by molar-refractivity contribution is 7.09. The van der Waals surface area contributed by atoms with Crippen LogP contribution in [0.3, 0.4) is 0 Å². The van der Waals surface area contributed by atoms with Crippen molar-refractivity contribution in [1.82, 2.24) is 10.6 Å². The summed E-state index contributed by atoms with van der Waals surface area (Å²) in [4.78, 5) is 12.9. The number of benzene rings is 1. The van der Waals surface area contributed by atoms with Gasteiger partial charge in [0.2, 0.25) is 0 Å². The second-order valence-electron chi connectivity index (χ2n) is 4.29. The molecule has 0 bridgehead atoms. The minimum atomic E-state index is -0.207. The molecular weight excluding hydrogens is 288 g/mol. The van der Waals surface area contributed by atoms with Crippen LogP contribution in [0, 0.1) is 0 Å². The third-order valence-corrected chi connectivity index (χ3v) is 3.81. The summed E-state index contributed by atoms with van der Waals surface area (Å²) in [5.41, 5.74) is 0.893. The van der Waals surface area contributed by atoms with E-state index in [1.54, 1.807) is 31.6 Å². The van der Waals surface area contributed by atoms with Crippen LogP contribution in [-0.2, 0) is 13.1 Å². The van der Waals surface area contributed by atoms with Gasteiger partial charge in [0.1, 0.15) is 11.5 Å². The number of urea groups is 1. The molecule has 2 amide bonds. The monoisotopic (exact) mass is 306 g/mol. The van der Waals surface area contributed by atoms with Gasteiger partial charge in [0.05, 0.1) is 20.8 Å². The van der Waals surface area contributed by atoms with Crippen LogP contribution in [0.25, 0.3) is 0 Å². The molecule has 2 rings (SSSR count). The van der Waals surface area contributed by atoms with Gasteiger partial charge in [0, 0.05) is 23.1 Å². The van der Waals surface area contributed by atoms with Gasteiger partial charge in [-0.15, -0.1) is 11.3 Å². The van der Waals surface area contributed by atoms with Gasteiger partial charge in [-0.1, -0.05) is 6.07 Å². The number of carbonyl (C=O) groups is 1. The highest BCUT2D eigenvalue weighted by Crippen LogP contribution is 2.24. The summed E-state index contributed by atoms with van der Waals surface area (Å²) in [6.45, 7) is 0.923. The number of methoxy groups -OCH3 is 2. The van der Waals surface area contributed by atoms with E-state index in [9.17, 15) is 4.79 Å². The van der Waals surface area contributed by atoms with Crippen LogP contribution in [-0.4, -0.2) is 20.3 Å². The van der Waals surface area contributed by atoms with Crippen LogP contribution in [0.1, 0.15) is 10.4 Å². The molecule has 1 heterocycles. The molecule has 5 nitrogen and oxygen atoms in total. The number of nitrogens with one attached hydrogen (secondary N) is 2. The van der Waals surface area contributed by atoms with Gasteiger partial charge in [0.15, 0.2) is 0 Å². The first-order chi connectivity index (χ1) is 10.2. The first-order valence-electron chi connectivity index (χ1n) is 6.48. The fourth-order valence-corrected chi connectivity index (χ4v) is 2.46. The number of hydrogen-bond donors (Lipinski definition) is 2. The lowest BCUT2D eigenvalue weighted by molar-refractivity contribution is 0.240. The minimum absolute atomic E-state index is 0.207. The van der Waals surface area contributed by atoms with Crippen molar-refractivity contribution in [2.75, 3.05) is 14.2 Å². The van der Waals surface area contributed by atoms with Crippen molar-refractivity contribution in [2.45, 2.75) is 13.1 Å². The third kappa shape index (κ3) is 4.39. The minimum Gasteiger partial charge on any atom is -0.497 e. The zero-order valence-corrected chi connectivity index (χ0v) is 12.8. The number of amides is 2. The Hall–Kier alpha value is -2.21. The molecule has 0 fully saturated rings. The van der Waals surface area contributed by atoms with E-state index in [1.807, 2.05) is 29.6 Å². The average molecular weight is 306 g/mol. The Morgan fingerprint density at radius 1 is 1.14 bits per heavy atom. The van der Waals surface area contributed by atoms with Crippen LogP contribution < -0.4 is 20.1 Å². The predicted molar refractivity (Wildman–Crippen MR) is 82.9 cm³/mol. The molecule has 0 spiro atoms. The number of carbonyl (C=O) groups excluding carboxylic acids is 1. The van der Waals surface area contributed by atoms with E-state index in [0.29, 0.717) is 18.8 Å². The number of rotatable bonds is 6. The smallest absolute Gasteiger partial charge is 0.315 e. The number of hydrogen-bond acceptors (Lipinski definition) is 4. The Labute approximate surface area is 127 Å². The van der Waals surface area contributed by atoms with Gasteiger partial charge in [-0.05, 0) is 23.6 Å². The van der Waals surface area contributed by atoms with Crippen LogP contribution in [0.5, 0.6) is 11.5 Å². The van der Waals surface area contributed by atoms with E-state index in [0.717, 1.165) is 16.2 Å². The van der Waals surface area contributed by atoms with Gasteiger partial charge in [0.25, 0.3) is 0 Å². The zero-order valence-electron chi connectivity index (χ0n) is 12.0. The topological polar surface area (TPSA) is 59.6 Å². The standard InChI is InChI=1S/C15H18N2O3S/c1-19-12-6-5-11(14(8-12)20-2)9-16-15(18)17-10-13-4-3-7-21-13/h3-8H,9-10H2,1-2H3,(H2,16,17,18). The van der Waals surface area contributed by atoms with Crippen LogP contribution in [0.2, 0.25) is 0 Å². The second kappa shape index (κ2) is 7.54. The molecule has 2 aromatic rings. The van der Waals surface area contributed by atoms with E-state index in [4.69, 9.17) is 9.47 Å². The molecule has 0 aliphatic rings. The van der Waals surface area contributed by atoms with E-state index >= 15 is 0 Å². The fraction of sp³-hybridized carbons (Fsp3) is 0.267. The quantitative estimate of drug-likeness (QED) is 0.863. The maximum absolute atomic E-state index is 11.8. The van der Waals surface area contributed by atoms with E-state index < -0.39 is 0 Å². The van der Waals surface area contributed by atoms with Gasteiger partial charge < -0.3 is 20.1 Å². The average Bonchev–Trinajstić information content (AvgIpc) is 3.04. The first kappa shape index (κ1) is 15.2. The summed E-state index contributed by atoms with van der Waals surface area (Å²) < 4.78 is 10.4. The Bertz CT molecular complexity index is 585. The van der Waals surface area contributed by atoms with Crippen molar-refractivity contribution >= 4 is 17.4 Å². The second-order valence-corrected chi connectivity index (χ2v) is 5.33. The molecule has 0 aliphatic heterocycles. The fourth-order valence-electron chi connectivity index (χ4n) is 1.82. The molecule has 2 N–H and O–H groups in total. The van der Waals surface area contributed by atoms with Gasteiger partial charge in [-0.2, -0.15) is 0 Å². The van der Waals surface area contributed by atoms with E-state index in [2.05, 4.69) is 10.6 Å². The molecule has 0 saturated carbocycles. The van der Waals surface area contributed by atoms with Crippen molar-refractivity contribution in [1.29, 1.82) is 0 Å². The van der Waals surface area contributed by atoms with Crippen LogP contribution in [0.15, 0.2) is 35.7 Å². The van der Waals surface area contributed by atoms with Crippen molar-refractivity contribution in [3.8, 4) is 11.5 Å². The van der Waals surface area contributed by atoms with Crippen molar-refractivity contribution in [3.05, 3.63) is 46.2 Å². The number of thiophene rings is 1. The Morgan fingerprint density at radius 3 is 2.62 bits per heavy atom. The highest BCUT2D eigenvalue weighted by Gasteiger charge is 2.07. The summed E-state index contributed by atoms with van der Waals surface area (Å²) in [7, 11) is 3.19. The molecule has 6 heteroatoms. The molecule has 0 saturated heterocycles. The van der Waals surface area contributed by atoms with Crippen LogP contribution in [0.4, 0.5) is 4.79 Å². The zero-order chi connectivity index (χ0) is 15.1. The third-order valence-electron chi connectivity index (χ3n) is 2.94. The summed E-state index contributed by atoms with van der Waals surface area (Å²) in [5.74, 6) is 1.41. The molecule has 0 radical (unpaired) electrons.